The molecule has 0 aromatic carbocycles. The van der Waals surface area contributed by atoms with E-state index in [-0.39, 0.29) is 17.2 Å². The van der Waals surface area contributed by atoms with Crippen LogP contribution in [0.2, 0.25) is 0 Å². The zero-order valence-electron chi connectivity index (χ0n) is 12.6. The Labute approximate surface area is 123 Å². The molecule has 116 valence electrons. The Hall–Kier alpha value is -2.18. The van der Waals surface area contributed by atoms with Gasteiger partial charge in [-0.25, -0.2) is 0 Å². The molecule has 0 saturated heterocycles. The maximum atomic E-state index is 11.6. The number of carbonyl (C=O) groups excluding carboxylic acids is 1. The highest BCUT2D eigenvalue weighted by Gasteiger charge is 2.20. The lowest BCUT2D eigenvalue weighted by Crippen LogP contribution is -2.35. The van der Waals surface area contributed by atoms with Gasteiger partial charge < -0.3 is 9.88 Å². The minimum absolute atomic E-state index is 0.0185. The topological polar surface area (TPSA) is 94.2 Å². The van der Waals surface area contributed by atoms with E-state index in [1.807, 2.05) is 20.8 Å². The van der Waals surface area contributed by atoms with Crippen LogP contribution < -0.4 is 10.9 Å². The minimum Gasteiger partial charge on any atom is -0.356 e. The number of hydrogen-bond donors (Lipinski definition) is 1. The molecule has 7 heteroatoms. The van der Waals surface area contributed by atoms with Crippen molar-refractivity contribution in [1.82, 2.24) is 9.88 Å². The third-order valence-corrected chi connectivity index (χ3v) is 2.97. The van der Waals surface area contributed by atoms with Crippen LogP contribution in [0.15, 0.2) is 23.1 Å². The Morgan fingerprint density at radius 1 is 1.33 bits per heavy atom. The molecule has 1 N–H and O–H groups in total. The van der Waals surface area contributed by atoms with E-state index in [9.17, 15) is 19.7 Å². The second-order valence-corrected chi connectivity index (χ2v) is 5.89. The van der Waals surface area contributed by atoms with Crippen LogP contribution in [-0.4, -0.2) is 21.9 Å². The molecule has 21 heavy (non-hydrogen) atoms. The number of aryl methyl sites for hydroxylation is 1. The quantitative estimate of drug-likeness (QED) is 0.491. The highest BCUT2D eigenvalue weighted by atomic mass is 16.6. The number of pyridine rings is 1. The summed E-state index contributed by atoms with van der Waals surface area (Å²) in [5, 5.41) is 13.5. The van der Waals surface area contributed by atoms with Crippen molar-refractivity contribution in [3.8, 4) is 0 Å². The molecule has 0 aliphatic rings. The number of carbonyl (C=O) groups is 1. The number of aromatic nitrogens is 1. The van der Waals surface area contributed by atoms with Crippen molar-refractivity contribution in [1.29, 1.82) is 0 Å². The van der Waals surface area contributed by atoms with Gasteiger partial charge in [-0.2, -0.15) is 0 Å². The zero-order valence-corrected chi connectivity index (χ0v) is 12.6. The summed E-state index contributed by atoms with van der Waals surface area (Å²) in [4.78, 5) is 33.3. The van der Waals surface area contributed by atoms with Crippen LogP contribution in [0, 0.1) is 15.5 Å². The third kappa shape index (κ3) is 5.37. The highest BCUT2D eigenvalue weighted by Crippen LogP contribution is 2.12. The van der Waals surface area contributed by atoms with Gasteiger partial charge >= 0.3 is 0 Å². The van der Waals surface area contributed by atoms with E-state index in [4.69, 9.17) is 0 Å². The third-order valence-electron chi connectivity index (χ3n) is 2.97. The Balaban J connectivity index is 2.43. The molecule has 1 aromatic rings. The standard InChI is InChI=1S/C14H21N3O4/c1-14(2,3)13(19)15-8-4-5-9-16-10-11(17(20)21)6-7-12(16)18/h6-7,10H,4-5,8-9H2,1-3H3,(H,15,19). The van der Waals surface area contributed by atoms with E-state index in [1.54, 1.807) is 0 Å². The predicted octanol–water partition coefficient (Wildman–Crippen LogP) is 1.70. The van der Waals surface area contributed by atoms with Gasteiger partial charge in [0.2, 0.25) is 5.91 Å². The fraction of sp³-hybridized carbons (Fsp3) is 0.571. The predicted molar refractivity (Wildman–Crippen MR) is 79.1 cm³/mol. The number of nitrogens with zero attached hydrogens (tertiary/aromatic N) is 2. The summed E-state index contributed by atoms with van der Waals surface area (Å²) in [5.41, 5.74) is -0.785. The summed E-state index contributed by atoms with van der Waals surface area (Å²) in [5.74, 6) is -0.0185. The van der Waals surface area contributed by atoms with Gasteiger partial charge in [0.1, 0.15) is 0 Å². The minimum atomic E-state index is -0.528. The lowest BCUT2D eigenvalue weighted by Gasteiger charge is -2.17. The van der Waals surface area contributed by atoms with Gasteiger partial charge in [-0.05, 0) is 12.8 Å². The Kier molecular flexibility index (Phi) is 5.63. The van der Waals surface area contributed by atoms with Gasteiger partial charge in [0, 0.05) is 30.6 Å². The van der Waals surface area contributed by atoms with E-state index in [1.165, 1.54) is 22.9 Å². The molecule has 0 radical (unpaired) electrons. The molecule has 1 amide bonds. The van der Waals surface area contributed by atoms with Crippen LogP contribution in [0.5, 0.6) is 0 Å². The number of unbranched alkanes of at least 4 members (excludes halogenated alkanes) is 1. The molecule has 0 aliphatic carbocycles. The van der Waals surface area contributed by atoms with Gasteiger partial charge in [-0.1, -0.05) is 20.8 Å². The molecule has 0 bridgehead atoms. The second-order valence-electron chi connectivity index (χ2n) is 5.89. The first-order valence-corrected chi connectivity index (χ1v) is 6.85. The van der Waals surface area contributed by atoms with Gasteiger partial charge in [0.25, 0.3) is 11.2 Å². The summed E-state index contributed by atoms with van der Waals surface area (Å²) < 4.78 is 1.32. The SMILES string of the molecule is CC(C)(C)C(=O)NCCCCn1cc([N+](=O)[O-])ccc1=O. The first kappa shape index (κ1) is 16.9. The second kappa shape index (κ2) is 7.01. The van der Waals surface area contributed by atoms with Crippen molar-refractivity contribution >= 4 is 11.6 Å². The monoisotopic (exact) mass is 295 g/mol. The van der Waals surface area contributed by atoms with Crippen LogP contribution in [0.4, 0.5) is 5.69 Å². The zero-order chi connectivity index (χ0) is 16.0. The molecule has 0 fully saturated rings. The maximum absolute atomic E-state index is 11.6. The summed E-state index contributed by atoms with van der Waals surface area (Å²) >= 11 is 0. The van der Waals surface area contributed by atoms with E-state index in [0.717, 1.165) is 0 Å². The summed E-state index contributed by atoms with van der Waals surface area (Å²) in [6.45, 7) is 6.44. The van der Waals surface area contributed by atoms with E-state index in [0.29, 0.717) is 25.9 Å². The number of hydrogen-bond acceptors (Lipinski definition) is 4. The van der Waals surface area contributed by atoms with Crippen LogP contribution in [0.3, 0.4) is 0 Å². The Morgan fingerprint density at radius 3 is 2.57 bits per heavy atom. The summed E-state index contributed by atoms with van der Waals surface area (Å²) in [6.07, 6.45) is 2.61. The molecule has 0 aliphatic heterocycles. The lowest BCUT2D eigenvalue weighted by molar-refractivity contribution is -0.385. The first-order valence-electron chi connectivity index (χ1n) is 6.85. The number of nitrogens with one attached hydrogen (secondary N) is 1. The molecule has 1 rings (SSSR count). The number of amides is 1. The Bertz CT molecular complexity index is 572. The van der Waals surface area contributed by atoms with E-state index < -0.39 is 10.3 Å². The van der Waals surface area contributed by atoms with Gasteiger partial charge in [0.05, 0.1) is 11.1 Å². The van der Waals surface area contributed by atoms with Gasteiger partial charge in [-0.15, -0.1) is 0 Å². The number of rotatable bonds is 6. The van der Waals surface area contributed by atoms with E-state index >= 15 is 0 Å². The largest absolute Gasteiger partial charge is 0.356 e. The van der Waals surface area contributed by atoms with Crippen LogP contribution >= 0.6 is 0 Å². The molecule has 1 aromatic heterocycles. The molecule has 0 unspecified atom stereocenters. The van der Waals surface area contributed by atoms with E-state index in [2.05, 4.69) is 5.32 Å². The van der Waals surface area contributed by atoms with Crippen LogP contribution in [0.1, 0.15) is 33.6 Å². The van der Waals surface area contributed by atoms with Crippen LogP contribution in [-0.2, 0) is 11.3 Å². The number of nitro groups is 1. The highest BCUT2D eigenvalue weighted by molar-refractivity contribution is 5.81. The van der Waals surface area contributed by atoms with Crippen molar-refractivity contribution < 1.29 is 9.72 Å². The van der Waals surface area contributed by atoms with Crippen molar-refractivity contribution in [3.63, 3.8) is 0 Å². The van der Waals surface area contributed by atoms with Crippen LogP contribution in [0.25, 0.3) is 0 Å². The molecule has 0 saturated carbocycles. The lowest BCUT2D eigenvalue weighted by atomic mass is 9.96. The Morgan fingerprint density at radius 2 is 2.00 bits per heavy atom. The van der Waals surface area contributed by atoms with Gasteiger partial charge in [-0.3, -0.25) is 19.7 Å². The molecular formula is C14H21N3O4. The van der Waals surface area contributed by atoms with Crippen molar-refractivity contribution in [3.05, 3.63) is 38.8 Å². The smallest absolute Gasteiger partial charge is 0.285 e. The fourth-order valence-corrected chi connectivity index (χ4v) is 1.68. The molecule has 1 heterocycles. The van der Waals surface area contributed by atoms with Crippen molar-refractivity contribution in [2.75, 3.05) is 6.54 Å². The molecule has 0 spiro atoms. The average molecular weight is 295 g/mol. The molecule has 7 nitrogen and oxygen atoms in total. The van der Waals surface area contributed by atoms with Gasteiger partial charge in [0.15, 0.2) is 0 Å². The van der Waals surface area contributed by atoms with Crippen molar-refractivity contribution in [2.45, 2.75) is 40.2 Å². The van der Waals surface area contributed by atoms with Crippen molar-refractivity contribution in [2.24, 2.45) is 5.41 Å². The fourth-order valence-electron chi connectivity index (χ4n) is 1.68. The summed E-state index contributed by atoms with van der Waals surface area (Å²) in [7, 11) is 0. The molecule has 0 atom stereocenters. The average Bonchev–Trinajstić information content (AvgIpc) is 2.38. The summed E-state index contributed by atoms with van der Waals surface area (Å²) in [6, 6.07) is 2.39. The molecular weight excluding hydrogens is 274 g/mol. The first-order chi connectivity index (χ1) is 9.71. The maximum Gasteiger partial charge on any atom is 0.285 e. The normalized spacial score (nSPS) is 11.2.